The number of amides is 1. The Morgan fingerprint density at radius 1 is 1.22 bits per heavy atom. The third kappa shape index (κ3) is 4.11. The van der Waals surface area contributed by atoms with E-state index >= 15 is 0 Å². The quantitative estimate of drug-likeness (QED) is 0.651. The molecule has 0 fully saturated rings. The number of benzene rings is 1. The molecule has 0 atom stereocenters. The fourth-order valence-electron chi connectivity index (χ4n) is 2.62. The number of rotatable bonds is 8. The largest absolute Gasteiger partial charge is 0.497 e. The molecule has 2 aromatic heterocycles. The van der Waals surface area contributed by atoms with E-state index in [-0.39, 0.29) is 11.6 Å². The second kappa shape index (κ2) is 8.39. The third-order valence-electron chi connectivity index (χ3n) is 4.10. The Morgan fingerprint density at radius 2 is 2.07 bits per heavy atom. The molecule has 0 aliphatic rings. The number of carbonyl (C=O) groups excluding carboxylic acids is 1. The second-order valence-corrected chi connectivity index (χ2v) is 5.89. The van der Waals surface area contributed by atoms with Gasteiger partial charge in [-0.25, -0.2) is 4.68 Å². The summed E-state index contributed by atoms with van der Waals surface area (Å²) in [6.45, 7) is 2.84. The van der Waals surface area contributed by atoms with Crippen molar-refractivity contribution < 1.29 is 18.8 Å². The van der Waals surface area contributed by atoms with Crippen LogP contribution in [0.5, 0.6) is 11.5 Å². The maximum atomic E-state index is 12.5. The molecule has 3 rings (SSSR count). The minimum atomic E-state index is -0.370. The van der Waals surface area contributed by atoms with Crippen LogP contribution in [0.15, 0.2) is 41.1 Å². The minimum absolute atomic E-state index is 0.165. The maximum absolute atomic E-state index is 12.5. The van der Waals surface area contributed by atoms with Crippen molar-refractivity contribution in [1.29, 1.82) is 0 Å². The van der Waals surface area contributed by atoms with E-state index in [9.17, 15) is 4.79 Å². The summed E-state index contributed by atoms with van der Waals surface area (Å²) < 4.78 is 17.7. The normalized spacial score (nSPS) is 10.6. The van der Waals surface area contributed by atoms with Crippen LogP contribution in [-0.4, -0.2) is 35.1 Å². The molecule has 2 heterocycles. The number of methoxy groups -OCH3 is 2. The first kappa shape index (κ1) is 18.5. The average molecular weight is 370 g/mol. The summed E-state index contributed by atoms with van der Waals surface area (Å²) >= 11 is 0. The van der Waals surface area contributed by atoms with Crippen LogP contribution in [0, 0.1) is 0 Å². The van der Waals surface area contributed by atoms with Gasteiger partial charge in [-0.05, 0) is 24.6 Å². The van der Waals surface area contributed by atoms with E-state index in [2.05, 4.69) is 22.5 Å². The molecule has 0 aliphatic heterocycles. The summed E-state index contributed by atoms with van der Waals surface area (Å²) in [7, 11) is 3.14. The number of aromatic nitrogens is 3. The molecule has 3 aromatic rings. The topological polar surface area (TPSA) is 91.4 Å². The van der Waals surface area contributed by atoms with Gasteiger partial charge in [-0.2, -0.15) is 5.10 Å². The summed E-state index contributed by atoms with van der Waals surface area (Å²) in [4.78, 5) is 12.5. The van der Waals surface area contributed by atoms with Gasteiger partial charge in [-0.3, -0.25) is 4.79 Å². The van der Waals surface area contributed by atoms with Crippen LogP contribution in [0.3, 0.4) is 0 Å². The Hall–Kier alpha value is -3.29. The standard InChI is InChI=1S/C19H22N4O4/c1-4-5-10-23-18(8-9-20-23)21-19(24)15-12-17(27-22-15)14-11-13(25-2)6-7-16(14)26-3/h6-9,11-12H,4-5,10H2,1-3H3,(H,21,24). The third-order valence-corrected chi connectivity index (χ3v) is 4.10. The molecule has 1 amide bonds. The van der Waals surface area contributed by atoms with Crippen LogP contribution in [0.2, 0.25) is 0 Å². The molecule has 0 bridgehead atoms. The SMILES string of the molecule is CCCCn1nccc1NC(=O)c1cc(-c2cc(OC)ccc2OC)on1. The van der Waals surface area contributed by atoms with Crippen molar-refractivity contribution in [2.45, 2.75) is 26.3 Å². The van der Waals surface area contributed by atoms with Gasteiger partial charge in [0.25, 0.3) is 5.91 Å². The maximum Gasteiger partial charge on any atom is 0.279 e. The zero-order valence-corrected chi connectivity index (χ0v) is 15.6. The van der Waals surface area contributed by atoms with Gasteiger partial charge in [0, 0.05) is 18.7 Å². The fourth-order valence-corrected chi connectivity index (χ4v) is 2.62. The van der Waals surface area contributed by atoms with Gasteiger partial charge in [-0.15, -0.1) is 0 Å². The lowest BCUT2D eigenvalue weighted by Crippen LogP contribution is -2.16. The first-order valence-corrected chi connectivity index (χ1v) is 8.68. The van der Waals surface area contributed by atoms with Crippen LogP contribution in [0.4, 0.5) is 5.82 Å². The van der Waals surface area contributed by atoms with Crippen LogP contribution in [0.25, 0.3) is 11.3 Å². The lowest BCUT2D eigenvalue weighted by atomic mass is 10.1. The van der Waals surface area contributed by atoms with E-state index in [0.29, 0.717) is 28.6 Å². The second-order valence-electron chi connectivity index (χ2n) is 5.89. The van der Waals surface area contributed by atoms with Crippen molar-refractivity contribution >= 4 is 11.7 Å². The van der Waals surface area contributed by atoms with Gasteiger partial charge in [0.1, 0.15) is 17.3 Å². The number of unbranched alkanes of at least 4 members (excludes halogenated alkanes) is 1. The lowest BCUT2D eigenvalue weighted by Gasteiger charge is -2.07. The molecule has 0 radical (unpaired) electrons. The number of nitrogens with one attached hydrogen (secondary N) is 1. The summed E-state index contributed by atoms with van der Waals surface area (Å²) in [6.07, 6.45) is 3.68. The average Bonchev–Trinajstić information content (AvgIpc) is 3.35. The van der Waals surface area contributed by atoms with Gasteiger partial charge in [0.15, 0.2) is 11.5 Å². The van der Waals surface area contributed by atoms with Crippen molar-refractivity contribution in [2.24, 2.45) is 0 Å². The van der Waals surface area contributed by atoms with Gasteiger partial charge >= 0.3 is 0 Å². The molecule has 142 valence electrons. The molecule has 27 heavy (non-hydrogen) atoms. The zero-order chi connectivity index (χ0) is 19.2. The Bertz CT molecular complexity index is 916. The summed E-state index contributed by atoms with van der Waals surface area (Å²) in [6, 6.07) is 8.63. The Labute approximate surface area is 157 Å². The van der Waals surface area contributed by atoms with E-state index in [1.54, 1.807) is 55.4 Å². The van der Waals surface area contributed by atoms with Gasteiger partial charge in [-0.1, -0.05) is 18.5 Å². The Morgan fingerprint density at radius 3 is 2.81 bits per heavy atom. The highest BCUT2D eigenvalue weighted by molar-refractivity contribution is 6.02. The number of nitrogens with zero attached hydrogens (tertiary/aromatic N) is 3. The molecule has 1 N–H and O–H groups in total. The molecular weight excluding hydrogens is 348 g/mol. The predicted molar refractivity (Wildman–Crippen MR) is 100 cm³/mol. The highest BCUT2D eigenvalue weighted by atomic mass is 16.5. The Kier molecular flexibility index (Phi) is 5.75. The molecule has 1 aromatic carbocycles. The summed E-state index contributed by atoms with van der Waals surface area (Å²) in [5, 5.41) is 10.9. The van der Waals surface area contributed by atoms with Crippen molar-refractivity contribution in [3.05, 3.63) is 42.2 Å². The molecule has 8 heteroatoms. The first-order chi connectivity index (χ1) is 13.2. The van der Waals surface area contributed by atoms with E-state index in [1.807, 2.05) is 0 Å². The van der Waals surface area contributed by atoms with Crippen LogP contribution >= 0.6 is 0 Å². The van der Waals surface area contributed by atoms with E-state index in [0.717, 1.165) is 19.4 Å². The molecule has 0 saturated heterocycles. The zero-order valence-electron chi connectivity index (χ0n) is 15.6. The van der Waals surface area contributed by atoms with Crippen molar-refractivity contribution in [3.63, 3.8) is 0 Å². The van der Waals surface area contributed by atoms with Gasteiger partial charge in [0.05, 0.1) is 26.0 Å². The van der Waals surface area contributed by atoms with E-state index in [1.165, 1.54) is 0 Å². The highest BCUT2D eigenvalue weighted by Crippen LogP contribution is 2.33. The van der Waals surface area contributed by atoms with Crippen molar-refractivity contribution in [2.75, 3.05) is 19.5 Å². The number of carbonyl (C=O) groups is 1. The Balaban J connectivity index is 1.80. The number of ether oxygens (including phenoxy) is 2. The smallest absolute Gasteiger partial charge is 0.279 e. The van der Waals surface area contributed by atoms with Crippen LogP contribution < -0.4 is 14.8 Å². The minimum Gasteiger partial charge on any atom is -0.497 e. The van der Waals surface area contributed by atoms with Gasteiger partial charge < -0.3 is 19.3 Å². The molecule has 0 spiro atoms. The van der Waals surface area contributed by atoms with Crippen molar-refractivity contribution in [3.8, 4) is 22.8 Å². The number of hydrogen-bond acceptors (Lipinski definition) is 6. The molecule has 0 saturated carbocycles. The molecular formula is C19H22N4O4. The molecule has 0 aliphatic carbocycles. The van der Waals surface area contributed by atoms with E-state index in [4.69, 9.17) is 14.0 Å². The summed E-state index contributed by atoms with van der Waals surface area (Å²) in [5.74, 6) is 1.90. The van der Waals surface area contributed by atoms with Crippen LogP contribution in [-0.2, 0) is 6.54 Å². The number of aryl methyl sites for hydroxylation is 1. The fraction of sp³-hybridized carbons (Fsp3) is 0.316. The molecule has 8 nitrogen and oxygen atoms in total. The lowest BCUT2D eigenvalue weighted by molar-refractivity contribution is 0.101. The highest BCUT2D eigenvalue weighted by Gasteiger charge is 2.18. The summed E-state index contributed by atoms with van der Waals surface area (Å²) in [5.41, 5.74) is 0.814. The molecule has 0 unspecified atom stereocenters. The monoisotopic (exact) mass is 370 g/mol. The van der Waals surface area contributed by atoms with Gasteiger partial charge in [0.2, 0.25) is 0 Å². The predicted octanol–water partition coefficient (Wildman–Crippen LogP) is 3.61. The van der Waals surface area contributed by atoms with Crippen LogP contribution in [0.1, 0.15) is 30.3 Å². The first-order valence-electron chi connectivity index (χ1n) is 8.68. The number of hydrogen-bond donors (Lipinski definition) is 1. The number of anilines is 1. The van der Waals surface area contributed by atoms with E-state index < -0.39 is 0 Å². The van der Waals surface area contributed by atoms with Crippen molar-refractivity contribution in [1.82, 2.24) is 14.9 Å².